The molecule has 0 bridgehead atoms. The first-order chi connectivity index (χ1) is 10.7. The van der Waals surface area contributed by atoms with Crippen molar-refractivity contribution in [3.63, 3.8) is 0 Å². The number of carbonyl (C=O) groups excluding carboxylic acids is 1. The Morgan fingerprint density at radius 2 is 1.87 bits per heavy atom. The Balaban J connectivity index is 2.56. The van der Waals surface area contributed by atoms with Crippen molar-refractivity contribution < 1.29 is 4.79 Å². The Bertz CT molecular complexity index is 737. The summed E-state index contributed by atoms with van der Waals surface area (Å²) in [7, 11) is 3.47. The maximum Gasteiger partial charge on any atom is 0.253 e. The molecule has 2 aromatic rings. The predicted octanol–water partition coefficient (Wildman–Crippen LogP) is 3.27. The lowest BCUT2D eigenvalue weighted by molar-refractivity contribution is -0.113. The van der Waals surface area contributed by atoms with Gasteiger partial charge in [0.15, 0.2) is 5.82 Å². The summed E-state index contributed by atoms with van der Waals surface area (Å²) >= 11 is 20.6. The van der Waals surface area contributed by atoms with Crippen LogP contribution in [0.15, 0.2) is 34.9 Å². The van der Waals surface area contributed by atoms with Gasteiger partial charge in [0.1, 0.15) is 0 Å². The number of aromatic nitrogens is 4. The van der Waals surface area contributed by atoms with Gasteiger partial charge in [-0.25, -0.2) is 0 Å². The molecule has 0 spiro atoms. The lowest BCUT2D eigenvalue weighted by atomic mass is 10.1. The van der Waals surface area contributed by atoms with Gasteiger partial charge in [0.2, 0.25) is 5.78 Å². The van der Waals surface area contributed by atoms with Gasteiger partial charge >= 0.3 is 0 Å². The summed E-state index contributed by atoms with van der Waals surface area (Å²) in [5, 5.41) is 11.4. The van der Waals surface area contributed by atoms with Crippen molar-refractivity contribution >= 4 is 62.1 Å². The van der Waals surface area contributed by atoms with Gasteiger partial charge in [-0.3, -0.25) is 4.79 Å². The van der Waals surface area contributed by atoms with Crippen LogP contribution >= 0.6 is 50.7 Å². The molecule has 1 heterocycles. The van der Waals surface area contributed by atoms with Crippen LogP contribution in [-0.2, 0) is 4.79 Å². The SMILES string of the molecule is CN(C)/C=C(\C(=O)C(Cl)(Cl)Cl)c1nnnn1-c1ccc(Br)cc1. The van der Waals surface area contributed by atoms with E-state index >= 15 is 0 Å². The van der Waals surface area contributed by atoms with Crippen LogP contribution in [0.4, 0.5) is 0 Å². The summed E-state index contributed by atoms with van der Waals surface area (Å²) in [5.74, 6) is -0.540. The lowest BCUT2D eigenvalue weighted by Crippen LogP contribution is -2.23. The lowest BCUT2D eigenvalue weighted by Gasteiger charge is -2.15. The number of allylic oxidation sites excluding steroid dienone is 1. The van der Waals surface area contributed by atoms with Crippen molar-refractivity contribution in [2.75, 3.05) is 14.1 Å². The third-order valence-corrected chi connectivity index (χ3v) is 3.71. The van der Waals surface area contributed by atoms with E-state index < -0.39 is 9.58 Å². The molecule has 122 valence electrons. The Hall–Kier alpha value is -1.15. The van der Waals surface area contributed by atoms with Crippen LogP contribution < -0.4 is 0 Å². The van der Waals surface area contributed by atoms with E-state index in [2.05, 4.69) is 31.5 Å². The van der Waals surface area contributed by atoms with Gasteiger partial charge in [0, 0.05) is 24.8 Å². The topological polar surface area (TPSA) is 63.9 Å². The quantitative estimate of drug-likeness (QED) is 0.541. The predicted molar refractivity (Wildman–Crippen MR) is 93.8 cm³/mol. The van der Waals surface area contributed by atoms with Crippen molar-refractivity contribution in [2.24, 2.45) is 0 Å². The molecule has 0 N–H and O–H groups in total. The van der Waals surface area contributed by atoms with E-state index in [-0.39, 0.29) is 11.4 Å². The van der Waals surface area contributed by atoms with Gasteiger partial charge in [-0.1, -0.05) is 50.7 Å². The molecule has 0 aliphatic heterocycles. The fraction of sp³-hybridized carbons (Fsp3) is 0.231. The molecule has 0 fully saturated rings. The minimum Gasteiger partial charge on any atom is -0.383 e. The Morgan fingerprint density at radius 3 is 2.39 bits per heavy atom. The monoisotopic (exact) mass is 437 g/mol. The van der Waals surface area contributed by atoms with Gasteiger partial charge < -0.3 is 4.90 Å². The second-order valence-corrected chi connectivity index (χ2v) is 7.92. The molecule has 10 heteroatoms. The molecule has 0 aliphatic rings. The zero-order chi connectivity index (χ0) is 17.2. The van der Waals surface area contributed by atoms with Crippen molar-refractivity contribution in [2.45, 2.75) is 3.79 Å². The number of tetrazole rings is 1. The molecule has 6 nitrogen and oxygen atoms in total. The minimum atomic E-state index is -2.11. The van der Waals surface area contributed by atoms with Gasteiger partial charge in [0.25, 0.3) is 3.79 Å². The molecule has 1 aromatic heterocycles. The van der Waals surface area contributed by atoms with Crippen LogP contribution in [0.25, 0.3) is 11.3 Å². The number of halogens is 4. The molecule has 1 aromatic carbocycles. The minimum absolute atomic E-state index is 0.0860. The molecule has 0 atom stereocenters. The van der Waals surface area contributed by atoms with Gasteiger partial charge in [0.05, 0.1) is 11.3 Å². The first-order valence-corrected chi connectivity index (χ1v) is 8.17. The molecular weight excluding hydrogens is 428 g/mol. The molecule has 0 aliphatic carbocycles. The normalized spacial score (nSPS) is 12.3. The number of alkyl halides is 3. The molecule has 0 saturated carbocycles. The van der Waals surface area contributed by atoms with Crippen LogP contribution in [0.3, 0.4) is 0 Å². The second-order valence-electron chi connectivity index (χ2n) is 4.72. The fourth-order valence-electron chi connectivity index (χ4n) is 1.74. The largest absolute Gasteiger partial charge is 0.383 e. The molecule has 0 radical (unpaired) electrons. The molecule has 0 unspecified atom stereocenters. The highest BCUT2D eigenvalue weighted by molar-refractivity contribution is 9.10. The smallest absolute Gasteiger partial charge is 0.253 e. The number of rotatable bonds is 4. The Kier molecular flexibility index (Phi) is 5.67. The molecule has 2 rings (SSSR count). The number of Topliss-reactive ketones (excluding diaryl/α,β-unsaturated/α-hetero) is 1. The fourth-order valence-corrected chi connectivity index (χ4v) is 2.31. The summed E-state index contributed by atoms with van der Waals surface area (Å²) in [6.07, 6.45) is 1.51. The molecular formula is C13H11BrCl3N5O. The van der Waals surface area contributed by atoms with Crippen molar-refractivity contribution in [3.05, 3.63) is 40.8 Å². The summed E-state index contributed by atoms with van der Waals surface area (Å²) in [4.78, 5) is 14.1. The van der Waals surface area contributed by atoms with Crippen LogP contribution in [0.2, 0.25) is 0 Å². The van der Waals surface area contributed by atoms with E-state index in [0.717, 1.165) is 4.47 Å². The third kappa shape index (κ3) is 4.44. The number of benzene rings is 1. The van der Waals surface area contributed by atoms with Crippen LogP contribution in [0.5, 0.6) is 0 Å². The van der Waals surface area contributed by atoms with E-state index in [1.165, 1.54) is 10.9 Å². The number of nitrogens with zero attached hydrogens (tertiary/aromatic N) is 5. The molecule has 23 heavy (non-hydrogen) atoms. The highest BCUT2D eigenvalue weighted by Crippen LogP contribution is 2.33. The average Bonchev–Trinajstić information content (AvgIpc) is 2.92. The number of ketones is 1. The number of hydrogen-bond acceptors (Lipinski definition) is 5. The number of hydrogen-bond donors (Lipinski definition) is 0. The number of carbonyl (C=O) groups is 1. The maximum atomic E-state index is 12.4. The average molecular weight is 440 g/mol. The van der Waals surface area contributed by atoms with Crippen LogP contribution in [0.1, 0.15) is 5.82 Å². The standard InChI is InChI=1S/C13H11BrCl3N5O/c1-21(2)7-10(11(23)13(15,16)17)12-18-19-20-22(12)9-5-3-8(14)4-6-9/h3-7H,1-2H3/b10-7+. The van der Waals surface area contributed by atoms with Gasteiger partial charge in [-0.05, 0) is 34.7 Å². The van der Waals surface area contributed by atoms with E-state index in [9.17, 15) is 4.79 Å². The molecule has 0 saturated heterocycles. The zero-order valence-electron chi connectivity index (χ0n) is 12.0. The van der Waals surface area contributed by atoms with Crippen molar-refractivity contribution in [1.29, 1.82) is 0 Å². The summed E-state index contributed by atoms with van der Waals surface area (Å²) in [6.45, 7) is 0. The summed E-state index contributed by atoms with van der Waals surface area (Å²) in [6, 6.07) is 7.23. The van der Waals surface area contributed by atoms with E-state index in [0.29, 0.717) is 5.69 Å². The zero-order valence-corrected chi connectivity index (χ0v) is 15.9. The first-order valence-electron chi connectivity index (χ1n) is 6.24. The van der Waals surface area contributed by atoms with E-state index in [1.807, 2.05) is 12.1 Å². The Morgan fingerprint density at radius 1 is 1.26 bits per heavy atom. The van der Waals surface area contributed by atoms with Gasteiger partial charge in [-0.2, -0.15) is 4.68 Å². The highest BCUT2D eigenvalue weighted by Gasteiger charge is 2.36. The summed E-state index contributed by atoms with van der Waals surface area (Å²) < 4.78 is 0.186. The van der Waals surface area contributed by atoms with Crippen molar-refractivity contribution in [3.8, 4) is 5.69 Å². The second kappa shape index (κ2) is 7.17. The van der Waals surface area contributed by atoms with Crippen molar-refractivity contribution in [1.82, 2.24) is 25.1 Å². The summed E-state index contributed by atoms with van der Waals surface area (Å²) in [5.41, 5.74) is 0.748. The van der Waals surface area contributed by atoms with E-state index in [4.69, 9.17) is 34.8 Å². The van der Waals surface area contributed by atoms with Crippen LogP contribution in [0, 0.1) is 0 Å². The first kappa shape index (κ1) is 18.2. The van der Waals surface area contributed by atoms with Crippen LogP contribution in [-0.4, -0.2) is 48.8 Å². The highest BCUT2D eigenvalue weighted by atomic mass is 79.9. The third-order valence-electron chi connectivity index (χ3n) is 2.67. The maximum absolute atomic E-state index is 12.4. The van der Waals surface area contributed by atoms with E-state index in [1.54, 1.807) is 31.1 Å². The molecule has 0 amide bonds. The Labute approximate surface area is 156 Å². The van der Waals surface area contributed by atoms with Gasteiger partial charge in [-0.15, -0.1) is 5.10 Å².